The van der Waals surface area contributed by atoms with Crippen LogP contribution in [-0.4, -0.2) is 40.7 Å². The molecule has 1 aromatic carbocycles. The number of nitrogens with one attached hydrogen (secondary N) is 1. The molecule has 0 bridgehead atoms. The predicted molar refractivity (Wildman–Crippen MR) is 75.8 cm³/mol. The van der Waals surface area contributed by atoms with E-state index in [1.54, 1.807) is 24.3 Å². The third-order valence-electron chi connectivity index (χ3n) is 2.89. The first-order valence-electron chi connectivity index (χ1n) is 5.95. The molecule has 1 saturated heterocycles. The van der Waals surface area contributed by atoms with Gasteiger partial charge in [-0.25, -0.2) is 0 Å². The minimum Gasteiger partial charge on any atom is -0.389 e. The summed E-state index contributed by atoms with van der Waals surface area (Å²) in [6.07, 6.45) is 0.123. The second-order valence-electron chi connectivity index (χ2n) is 4.46. The summed E-state index contributed by atoms with van der Waals surface area (Å²) in [5.74, 6) is -1.19. The highest BCUT2D eigenvalue weighted by Crippen LogP contribution is 2.07. The number of hydrogen-bond acceptors (Lipinski definition) is 4. The van der Waals surface area contributed by atoms with Crippen molar-refractivity contribution < 1.29 is 14.4 Å². The lowest BCUT2D eigenvalue weighted by molar-refractivity contribution is -0.145. The van der Waals surface area contributed by atoms with E-state index in [2.05, 4.69) is 5.32 Å². The van der Waals surface area contributed by atoms with E-state index in [1.807, 2.05) is 0 Å². The Labute approximate surface area is 120 Å². The van der Waals surface area contributed by atoms with Crippen molar-refractivity contribution in [3.63, 3.8) is 0 Å². The van der Waals surface area contributed by atoms with E-state index in [0.717, 1.165) is 11.1 Å². The lowest BCUT2D eigenvalue weighted by Gasteiger charge is -2.25. The maximum absolute atomic E-state index is 12.0. The van der Waals surface area contributed by atoms with E-state index in [9.17, 15) is 14.4 Å². The van der Waals surface area contributed by atoms with Gasteiger partial charge >= 0.3 is 0 Å². The molecule has 1 aromatic rings. The molecule has 0 spiro atoms. The van der Waals surface area contributed by atoms with Crippen LogP contribution in [0.1, 0.15) is 11.1 Å². The fourth-order valence-electron chi connectivity index (χ4n) is 1.89. The van der Waals surface area contributed by atoms with Crippen LogP contribution < -0.4 is 11.1 Å². The summed E-state index contributed by atoms with van der Waals surface area (Å²) in [5.41, 5.74) is 6.98. The molecule has 0 unspecified atom stereocenters. The Hall–Kier alpha value is -2.28. The molecule has 1 aliphatic rings. The zero-order valence-corrected chi connectivity index (χ0v) is 11.4. The normalized spacial score (nSPS) is 14.9. The highest BCUT2D eigenvalue weighted by atomic mass is 32.1. The van der Waals surface area contributed by atoms with Gasteiger partial charge in [-0.05, 0) is 5.56 Å². The van der Waals surface area contributed by atoms with E-state index in [4.69, 9.17) is 18.0 Å². The Bertz CT molecular complexity index is 567. The van der Waals surface area contributed by atoms with Crippen molar-refractivity contribution in [3.8, 4) is 0 Å². The third kappa shape index (κ3) is 3.39. The first kappa shape index (κ1) is 14.1. The smallest absolute Gasteiger partial charge is 0.246 e. The standard InChI is InChI=1S/C13H13N3O3S/c14-13(20)9-3-1-8(2-4-9)5-12(19)16-6-10(17)15-11(18)7-16/h1-4H,5-7H2,(H2,14,20)(H,15,17,18). The van der Waals surface area contributed by atoms with Crippen molar-refractivity contribution >= 4 is 34.9 Å². The molecule has 1 fully saturated rings. The first-order chi connectivity index (χ1) is 9.45. The van der Waals surface area contributed by atoms with Gasteiger partial charge in [0.05, 0.1) is 6.42 Å². The van der Waals surface area contributed by atoms with E-state index in [0.29, 0.717) is 4.99 Å². The third-order valence-corrected chi connectivity index (χ3v) is 3.13. The molecule has 1 aliphatic heterocycles. The van der Waals surface area contributed by atoms with Gasteiger partial charge in [0.15, 0.2) is 0 Å². The summed E-state index contributed by atoms with van der Waals surface area (Å²) in [4.78, 5) is 36.0. The van der Waals surface area contributed by atoms with Gasteiger partial charge in [-0.1, -0.05) is 36.5 Å². The van der Waals surface area contributed by atoms with E-state index in [1.165, 1.54) is 4.90 Å². The summed E-state index contributed by atoms with van der Waals surface area (Å²) in [5, 5.41) is 2.15. The Balaban J connectivity index is 2.02. The zero-order chi connectivity index (χ0) is 14.7. The van der Waals surface area contributed by atoms with Crippen LogP contribution in [0.25, 0.3) is 0 Å². The minimum absolute atomic E-state index is 0.0878. The van der Waals surface area contributed by atoms with Crippen LogP contribution in [0, 0.1) is 0 Å². The molecule has 1 heterocycles. The van der Waals surface area contributed by atoms with Crippen molar-refractivity contribution in [1.82, 2.24) is 10.2 Å². The molecule has 0 radical (unpaired) electrons. The van der Waals surface area contributed by atoms with Gasteiger partial charge in [0.1, 0.15) is 18.1 Å². The average molecular weight is 291 g/mol. The number of amides is 3. The van der Waals surface area contributed by atoms with Gasteiger partial charge in [0, 0.05) is 5.56 Å². The SMILES string of the molecule is NC(=S)c1ccc(CC(=O)N2CC(=O)NC(=O)C2)cc1. The topological polar surface area (TPSA) is 92.5 Å². The number of benzene rings is 1. The fraction of sp³-hybridized carbons (Fsp3) is 0.231. The maximum atomic E-state index is 12.0. The number of thiocarbonyl (C=S) groups is 1. The average Bonchev–Trinajstić information content (AvgIpc) is 2.38. The monoisotopic (exact) mass is 291 g/mol. The maximum Gasteiger partial charge on any atom is 0.246 e. The van der Waals surface area contributed by atoms with Crippen molar-refractivity contribution in [2.45, 2.75) is 6.42 Å². The molecule has 0 saturated carbocycles. The highest BCUT2D eigenvalue weighted by Gasteiger charge is 2.26. The van der Waals surface area contributed by atoms with Gasteiger partial charge in [0.2, 0.25) is 17.7 Å². The Morgan fingerprint density at radius 3 is 2.25 bits per heavy atom. The zero-order valence-electron chi connectivity index (χ0n) is 10.6. The lowest BCUT2D eigenvalue weighted by atomic mass is 10.1. The van der Waals surface area contributed by atoms with E-state index >= 15 is 0 Å². The van der Waals surface area contributed by atoms with Gasteiger partial charge in [-0.15, -0.1) is 0 Å². The Morgan fingerprint density at radius 1 is 1.20 bits per heavy atom. The van der Waals surface area contributed by atoms with Gasteiger partial charge < -0.3 is 10.6 Å². The molecule has 0 atom stereocenters. The number of hydrogen-bond donors (Lipinski definition) is 2. The van der Waals surface area contributed by atoms with Crippen LogP contribution in [0.4, 0.5) is 0 Å². The molecule has 6 nitrogen and oxygen atoms in total. The Morgan fingerprint density at radius 2 is 1.75 bits per heavy atom. The van der Waals surface area contributed by atoms with Gasteiger partial charge in [0.25, 0.3) is 0 Å². The van der Waals surface area contributed by atoms with Crippen LogP contribution in [0.2, 0.25) is 0 Å². The van der Waals surface area contributed by atoms with Crippen LogP contribution in [0.3, 0.4) is 0 Å². The molecule has 0 aromatic heterocycles. The molecular formula is C13H13N3O3S. The molecule has 7 heteroatoms. The second-order valence-corrected chi connectivity index (χ2v) is 4.90. The molecule has 3 N–H and O–H groups in total. The van der Waals surface area contributed by atoms with Crippen molar-refractivity contribution in [3.05, 3.63) is 35.4 Å². The minimum atomic E-state index is -0.460. The number of imide groups is 1. The number of carbonyl (C=O) groups is 3. The number of piperazine rings is 1. The molecule has 2 rings (SSSR count). The van der Waals surface area contributed by atoms with E-state index in [-0.39, 0.29) is 25.4 Å². The van der Waals surface area contributed by atoms with Gasteiger partial charge in [-0.3, -0.25) is 19.7 Å². The summed E-state index contributed by atoms with van der Waals surface area (Å²) in [6, 6.07) is 6.97. The van der Waals surface area contributed by atoms with E-state index < -0.39 is 11.8 Å². The van der Waals surface area contributed by atoms with Crippen molar-refractivity contribution in [2.75, 3.05) is 13.1 Å². The van der Waals surface area contributed by atoms with Crippen LogP contribution in [0.15, 0.2) is 24.3 Å². The van der Waals surface area contributed by atoms with Crippen molar-refractivity contribution in [2.24, 2.45) is 5.73 Å². The predicted octanol–water partition coefficient (Wildman–Crippen LogP) is -0.652. The van der Waals surface area contributed by atoms with Gasteiger partial charge in [-0.2, -0.15) is 0 Å². The summed E-state index contributed by atoms with van der Waals surface area (Å²) >= 11 is 4.84. The number of rotatable bonds is 3. The first-order valence-corrected chi connectivity index (χ1v) is 6.36. The Kier molecular flexibility index (Phi) is 4.09. The number of carbonyl (C=O) groups excluding carboxylic acids is 3. The molecule has 3 amide bonds. The summed E-state index contributed by atoms with van der Waals surface area (Å²) in [7, 11) is 0. The van der Waals surface area contributed by atoms with Crippen LogP contribution in [-0.2, 0) is 20.8 Å². The molecule has 104 valence electrons. The second kappa shape index (κ2) is 5.79. The summed E-state index contributed by atoms with van der Waals surface area (Å²) < 4.78 is 0. The largest absolute Gasteiger partial charge is 0.389 e. The van der Waals surface area contributed by atoms with Crippen LogP contribution in [0.5, 0.6) is 0 Å². The number of nitrogens with zero attached hydrogens (tertiary/aromatic N) is 1. The number of nitrogens with two attached hydrogens (primary N) is 1. The molecule has 20 heavy (non-hydrogen) atoms. The lowest BCUT2D eigenvalue weighted by Crippen LogP contribution is -2.53. The summed E-state index contributed by atoms with van der Waals surface area (Å²) in [6.45, 7) is -0.176. The molecular weight excluding hydrogens is 278 g/mol. The van der Waals surface area contributed by atoms with Crippen molar-refractivity contribution in [1.29, 1.82) is 0 Å². The van der Waals surface area contributed by atoms with Crippen LogP contribution >= 0.6 is 12.2 Å². The quantitative estimate of drug-likeness (QED) is 0.570. The molecule has 0 aliphatic carbocycles. The fourth-order valence-corrected chi connectivity index (χ4v) is 2.02. The highest BCUT2D eigenvalue weighted by molar-refractivity contribution is 7.80.